The Kier molecular flexibility index (Phi) is 7.09. The van der Waals surface area contributed by atoms with E-state index in [0.29, 0.717) is 18.8 Å². The van der Waals surface area contributed by atoms with Gasteiger partial charge in [-0.05, 0) is 74.6 Å². The molecule has 5 nitrogen and oxygen atoms in total. The minimum atomic E-state index is -0.335. The van der Waals surface area contributed by atoms with Crippen LogP contribution in [-0.4, -0.2) is 18.2 Å². The molecule has 0 N–H and O–H groups in total. The van der Waals surface area contributed by atoms with Crippen molar-refractivity contribution >= 4 is 32.5 Å². The van der Waals surface area contributed by atoms with Crippen LogP contribution in [0.2, 0.25) is 0 Å². The topological polar surface area (TPSA) is 61.6 Å². The summed E-state index contributed by atoms with van der Waals surface area (Å²) in [4.78, 5) is 16.3. The largest absolute Gasteiger partial charge is 0.494 e. The van der Waals surface area contributed by atoms with Crippen LogP contribution in [0.3, 0.4) is 0 Å². The molecule has 0 saturated heterocycles. The molecular weight excluding hydrogens is 458 g/mol. The van der Waals surface area contributed by atoms with Gasteiger partial charge in [-0.25, -0.2) is 9.78 Å². The molecule has 6 heteroatoms. The molecular formula is C29H27NO4S. The molecule has 0 unspecified atom stereocenters. The molecule has 5 aromatic rings. The first-order chi connectivity index (χ1) is 17.2. The number of thiazole rings is 1. The average molecular weight is 486 g/mol. The minimum Gasteiger partial charge on any atom is -0.494 e. The fourth-order valence-corrected chi connectivity index (χ4v) is 5.01. The summed E-state index contributed by atoms with van der Waals surface area (Å²) in [6, 6.07) is 23.5. The van der Waals surface area contributed by atoms with Crippen LogP contribution in [0, 0.1) is 6.92 Å². The third-order valence-corrected chi connectivity index (χ3v) is 6.96. The second-order valence-electron chi connectivity index (χ2n) is 8.53. The van der Waals surface area contributed by atoms with Crippen LogP contribution in [-0.2, 0) is 0 Å². The van der Waals surface area contributed by atoms with Gasteiger partial charge in [0.25, 0.3) is 0 Å². The number of nitrogens with zero attached hydrogens (tertiary/aromatic N) is 1. The van der Waals surface area contributed by atoms with Gasteiger partial charge in [0.15, 0.2) is 0 Å². The zero-order valence-electron chi connectivity index (χ0n) is 19.7. The van der Waals surface area contributed by atoms with Crippen LogP contribution < -0.4 is 15.1 Å². The van der Waals surface area contributed by atoms with E-state index in [1.165, 1.54) is 10.8 Å². The second kappa shape index (κ2) is 10.7. The summed E-state index contributed by atoms with van der Waals surface area (Å²) < 4.78 is 18.3. The van der Waals surface area contributed by atoms with Crippen molar-refractivity contribution in [3.8, 4) is 22.1 Å². The first kappa shape index (κ1) is 23.1. The van der Waals surface area contributed by atoms with Crippen molar-refractivity contribution in [3.63, 3.8) is 0 Å². The maximum atomic E-state index is 11.6. The summed E-state index contributed by atoms with van der Waals surface area (Å²) in [7, 11) is 0. The molecule has 3 aromatic carbocycles. The highest BCUT2D eigenvalue weighted by Gasteiger charge is 2.07. The molecule has 0 aliphatic carbocycles. The predicted molar refractivity (Wildman–Crippen MR) is 142 cm³/mol. The number of unbranched alkanes of at least 4 members (excludes halogenated alkanes) is 3. The van der Waals surface area contributed by atoms with E-state index >= 15 is 0 Å². The smallest absolute Gasteiger partial charge is 0.336 e. The SMILES string of the molecule is Cc1cc(=O)oc2cc(OCCCCCCOc3cccc(-c4nc5ccccc5s4)c3)ccc12. The van der Waals surface area contributed by atoms with E-state index in [2.05, 4.69) is 18.2 Å². The molecule has 5 rings (SSSR count). The minimum absolute atomic E-state index is 0.335. The lowest BCUT2D eigenvalue weighted by Gasteiger charge is -2.09. The molecule has 0 fully saturated rings. The van der Waals surface area contributed by atoms with Crippen molar-refractivity contribution in [2.24, 2.45) is 0 Å². The van der Waals surface area contributed by atoms with E-state index in [-0.39, 0.29) is 5.63 Å². The number of para-hydroxylation sites is 1. The van der Waals surface area contributed by atoms with Crippen molar-refractivity contribution in [2.45, 2.75) is 32.6 Å². The van der Waals surface area contributed by atoms with E-state index < -0.39 is 0 Å². The van der Waals surface area contributed by atoms with E-state index in [0.717, 1.165) is 64.2 Å². The number of ether oxygens (including phenoxy) is 2. The number of hydrogen-bond acceptors (Lipinski definition) is 6. The van der Waals surface area contributed by atoms with Crippen molar-refractivity contribution in [2.75, 3.05) is 13.2 Å². The van der Waals surface area contributed by atoms with Gasteiger partial charge in [-0.3, -0.25) is 0 Å². The lowest BCUT2D eigenvalue weighted by atomic mass is 10.1. The summed E-state index contributed by atoms with van der Waals surface area (Å²) in [5.41, 5.74) is 3.26. The van der Waals surface area contributed by atoms with Crippen molar-refractivity contribution in [1.82, 2.24) is 4.98 Å². The first-order valence-electron chi connectivity index (χ1n) is 11.9. The fraction of sp³-hybridized carbons (Fsp3) is 0.241. The van der Waals surface area contributed by atoms with Gasteiger partial charge in [0.05, 0.1) is 23.4 Å². The molecule has 178 valence electrons. The van der Waals surface area contributed by atoms with Gasteiger partial charge in [-0.15, -0.1) is 11.3 Å². The van der Waals surface area contributed by atoms with Gasteiger partial charge in [0, 0.05) is 23.1 Å². The van der Waals surface area contributed by atoms with Crippen LogP contribution in [0.4, 0.5) is 0 Å². The molecule has 0 spiro atoms. The van der Waals surface area contributed by atoms with Gasteiger partial charge < -0.3 is 13.9 Å². The van der Waals surface area contributed by atoms with Crippen LogP contribution in [0.5, 0.6) is 11.5 Å². The highest BCUT2D eigenvalue weighted by atomic mass is 32.1. The number of aryl methyl sites for hydroxylation is 1. The lowest BCUT2D eigenvalue weighted by molar-refractivity contribution is 0.287. The van der Waals surface area contributed by atoms with Gasteiger partial charge in [0.2, 0.25) is 0 Å². The first-order valence-corrected chi connectivity index (χ1v) is 12.7. The van der Waals surface area contributed by atoms with Crippen molar-refractivity contribution in [1.29, 1.82) is 0 Å². The molecule has 2 heterocycles. The highest BCUT2D eigenvalue weighted by molar-refractivity contribution is 7.21. The molecule has 0 radical (unpaired) electrons. The van der Waals surface area contributed by atoms with Crippen molar-refractivity contribution in [3.05, 3.63) is 88.8 Å². The number of hydrogen-bond donors (Lipinski definition) is 0. The van der Waals surface area contributed by atoms with E-state index in [1.807, 2.05) is 49.4 Å². The number of benzene rings is 3. The zero-order valence-corrected chi connectivity index (χ0v) is 20.5. The Hall–Kier alpha value is -3.64. The fourth-order valence-electron chi connectivity index (χ4n) is 4.05. The Morgan fingerprint density at radius 2 is 1.60 bits per heavy atom. The third-order valence-electron chi connectivity index (χ3n) is 5.87. The van der Waals surface area contributed by atoms with Gasteiger partial charge >= 0.3 is 5.63 Å². The summed E-state index contributed by atoms with van der Waals surface area (Å²) in [6.07, 6.45) is 4.10. The van der Waals surface area contributed by atoms with Gasteiger partial charge in [-0.2, -0.15) is 0 Å². The second-order valence-corrected chi connectivity index (χ2v) is 9.56. The van der Waals surface area contributed by atoms with Crippen LogP contribution >= 0.6 is 11.3 Å². The molecule has 0 bridgehead atoms. The number of fused-ring (bicyclic) bond motifs is 2. The third kappa shape index (κ3) is 5.72. The summed E-state index contributed by atoms with van der Waals surface area (Å²) >= 11 is 1.70. The molecule has 0 aliphatic rings. The summed E-state index contributed by atoms with van der Waals surface area (Å²) in [6.45, 7) is 3.22. The quantitative estimate of drug-likeness (QED) is 0.152. The van der Waals surface area contributed by atoms with Gasteiger partial charge in [-0.1, -0.05) is 24.3 Å². The zero-order chi connectivity index (χ0) is 24.0. The Labute approximate surface area is 208 Å². The lowest BCUT2D eigenvalue weighted by Crippen LogP contribution is -2.01. The van der Waals surface area contributed by atoms with Gasteiger partial charge in [0.1, 0.15) is 22.1 Å². The predicted octanol–water partition coefficient (Wildman–Crippen LogP) is 7.40. The van der Waals surface area contributed by atoms with Crippen LogP contribution in [0.1, 0.15) is 31.2 Å². The van der Waals surface area contributed by atoms with Crippen LogP contribution in [0.15, 0.2) is 82.0 Å². The highest BCUT2D eigenvalue weighted by Crippen LogP contribution is 2.31. The molecule has 35 heavy (non-hydrogen) atoms. The Bertz CT molecular complexity index is 1470. The Morgan fingerprint density at radius 3 is 2.40 bits per heavy atom. The number of rotatable bonds is 10. The average Bonchev–Trinajstić information content (AvgIpc) is 3.30. The number of aromatic nitrogens is 1. The normalized spacial score (nSPS) is 11.2. The van der Waals surface area contributed by atoms with E-state index in [1.54, 1.807) is 17.4 Å². The van der Waals surface area contributed by atoms with Crippen molar-refractivity contribution < 1.29 is 13.9 Å². The molecule has 2 aromatic heterocycles. The molecule has 0 amide bonds. The van der Waals surface area contributed by atoms with E-state index in [4.69, 9.17) is 18.9 Å². The Balaban J connectivity index is 1.03. The maximum Gasteiger partial charge on any atom is 0.336 e. The summed E-state index contributed by atoms with van der Waals surface area (Å²) in [5, 5.41) is 1.95. The summed E-state index contributed by atoms with van der Waals surface area (Å²) in [5.74, 6) is 1.60. The molecule has 0 atom stereocenters. The standard InChI is InChI=1S/C29H27NO4S/c1-20-17-28(31)34-26-19-23(13-14-24(20)26)33-16-7-3-2-6-15-32-22-10-8-9-21(18-22)29-30-25-11-4-5-12-27(25)35-29/h4-5,8-14,17-19H,2-3,6-7,15-16H2,1H3. The molecule has 0 saturated carbocycles. The van der Waals surface area contributed by atoms with E-state index in [9.17, 15) is 4.79 Å². The monoisotopic (exact) mass is 485 g/mol. The Morgan fingerprint density at radius 1 is 0.829 bits per heavy atom. The molecule has 0 aliphatic heterocycles. The van der Waals surface area contributed by atoms with Crippen LogP contribution in [0.25, 0.3) is 31.8 Å². The maximum absolute atomic E-state index is 11.6.